The van der Waals surface area contributed by atoms with Crippen molar-refractivity contribution in [2.24, 2.45) is 23.7 Å². The molecule has 0 aliphatic heterocycles. The van der Waals surface area contributed by atoms with Crippen LogP contribution in [0, 0.1) is 23.7 Å². The number of rotatable bonds is 65. The Hall–Kier alpha value is -1.94. The molecule has 5 atom stereocenters. The summed E-state index contributed by atoms with van der Waals surface area (Å²) in [7, 11) is -9.90. The molecule has 0 rings (SSSR count). The molecule has 3 N–H and O–H groups in total. The highest BCUT2D eigenvalue weighted by Crippen LogP contribution is 2.45. The molecule has 0 fully saturated rings. The third-order valence-electron chi connectivity index (χ3n) is 15.6. The van der Waals surface area contributed by atoms with E-state index in [0.717, 1.165) is 108 Å². The second-order valence-electron chi connectivity index (χ2n) is 26.5. The lowest BCUT2D eigenvalue weighted by Gasteiger charge is -2.21. The van der Waals surface area contributed by atoms with Crippen LogP contribution < -0.4 is 0 Å². The number of aliphatic hydroxyl groups excluding tert-OH is 1. The van der Waals surface area contributed by atoms with Crippen molar-refractivity contribution in [3.05, 3.63) is 0 Å². The van der Waals surface area contributed by atoms with E-state index in [9.17, 15) is 43.2 Å². The molecule has 0 heterocycles. The summed E-state index contributed by atoms with van der Waals surface area (Å²) in [4.78, 5) is 72.3. The molecule has 0 bridgehead atoms. The second kappa shape index (κ2) is 57.9. The number of aliphatic hydroxyl groups is 1. The first-order chi connectivity index (χ1) is 41.6. The number of phosphoric ester groups is 2. The van der Waals surface area contributed by atoms with Crippen LogP contribution in [0.15, 0.2) is 0 Å². The maximum absolute atomic E-state index is 13.0. The quantitative estimate of drug-likeness (QED) is 0.0222. The fraction of sp³-hybridized carbons (Fsp3) is 0.941. The molecule has 0 spiro atoms. The molecule has 0 amide bonds. The molecule has 0 aromatic carbocycles. The van der Waals surface area contributed by atoms with Gasteiger partial charge in [0.05, 0.1) is 26.4 Å². The third kappa shape index (κ3) is 62.6. The summed E-state index contributed by atoms with van der Waals surface area (Å²) >= 11 is 0. The van der Waals surface area contributed by atoms with Crippen LogP contribution in [0.2, 0.25) is 0 Å². The molecule has 0 saturated carbocycles. The number of esters is 4. The van der Waals surface area contributed by atoms with Gasteiger partial charge in [0.2, 0.25) is 0 Å². The van der Waals surface area contributed by atoms with Gasteiger partial charge in [-0.3, -0.25) is 37.3 Å². The second-order valence-corrected chi connectivity index (χ2v) is 29.4. The van der Waals surface area contributed by atoms with Gasteiger partial charge in [-0.2, -0.15) is 0 Å². The molecule has 0 radical (unpaired) electrons. The van der Waals surface area contributed by atoms with Gasteiger partial charge < -0.3 is 33.8 Å². The molecular weight excluding hydrogens is 1150 g/mol. The lowest BCUT2D eigenvalue weighted by atomic mass is 10.0. The van der Waals surface area contributed by atoms with Gasteiger partial charge in [-0.05, 0) is 49.4 Å². The fourth-order valence-electron chi connectivity index (χ4n) is 10.1. The van der Waals surface area contributed by atoms with E-state index in [1.54, 1.807) is 0 Å². The fourth-order valence-corrected chi connectivity index (χ4v) is 11.7. The zero-order valence-corrected chi connectivity index (χ0v) is 58.4. The molecule has 0 saturated heterocycles. The van der Waals surface area contributed by atoms with Gasteiger partial charge in [0.25, 0.3) is 0 Å². The Morgan fingerprint density at radius 2 is 0.483 bits per heavy atom. The molecule has 3 unspecified atom stereocenters. The zero-order valence-electron chi connectivity index (χ0n) is 56.6. The Balaban J connectivity index is 5.22. The largest absolute Gasteiger partial charge is 0.472 e. The first-order valence-corrected chi connectivity index (χ1v) is 38.2. The van der Waals surface area contributed by atoms with Gasteiger partial charge >= 0.3 is 39.5 Å². The Morgan fingerprint density at radius 1 is 0.287 bits per heavy atom. The molecule has 0 aromatic rings. The van der Waals surface area contributed by atoms with Gasteiger partial charge in [-0.25, -0.2) is 9.13 Å². The highest BCUT2D eigenvalue weighted by molar-refractivity contribution is 7.47. The van der Waals surface area contributed by atoms with Crippen LogP contribution in [-0.4, -0.2) is 96.7 Å². The Labute approximate surface area is 530 Å². The summed E-state index contributed by atoms with van der Waals surface area (Å²) in [6, 6.07) is 0. The van der Waals surface area contributed by atoms with E-state index in [0.29, 0.717) is 37.5 Å². The number of hydrogen-bond acceptors (Lipinski definition) is 15. The molecule has 0 aromatic heterocycles. The maximum atomic E-state index is 13.0. The Morgan fingerprint density at radius 3 is 0.713 bits per heavy atom. The van der Waals surface area contributed by atoms with E-state index < -0.39 is 97.5 Å². The molecule has 0 aliphatic carbocycles. The van der Waals surface area contributed by atoms with Crippen molar-refractivity contribution in [2.75, 3.05) is 39.6 Å². The number of unbranched alkanes of at least 4 members (excludes halogenated alkanes) is 31. The lowest BCUT2D eigenvalue weighted by Crippen LogP contribution is -2.30. The van der Waals surface area contributed by atoms with E-state index in [1.807, 2.05) is 0 Å². The Bertz CT molecular complexity index is 1730. The number of carbonyl (C=O) groups excluding carboxylic acids is 4. The number of phosphoric acid groups is 2. The summed E-state index contributed by atoms with van der Waals surface area (Å²) in [5.74, 6) is 0.758. The van der Waals surface area contributed by atoms with Gasteiger partial charge in [-0.15, -0.1) is 0 Å². The van der Waals surface area contributed by atoms with Crippen LogP contribution in [-0.2, 0) is 65.4 Å². The SMILES string of the molecule is CC(C)CCCCCCCCCCCCCCCCC(=O)O[C@H](COC(=O)CCCCCCCCCCC(C)C)COP(=O)(O)OCC(O)COP(=O)(O)OC[C@@H](COC(=O)CCCCCCCCCC(C)C)OC(=O)CCCCCCCCC(C)C. The van der Waals surface area contributed by atoms with Crippen molar-refractivity contribution >= 4 is 39.5 Å². The summed E-state index contributed by atoms with van der Waals surface area (Å²) in [5, 5.41) is 10.6. The van der Waals surface area contributed by atoms with Crippen LogP contribution in [0.4, 0.5) is 0 Å². The number of hydrogen-bond donors (Lipinski definition) is 3. The first kappa shape index (κ1) is 85.1. The minimum absolute atomic E-state index is 0.101. The van der Waals surface area contributed by atoms with Crippen molar-refractivity contribution in [2.45, 2.75) is 350 Å². The summed E-state index contributed by atoms with van der Waals surface area (Å²) in [5.41, 5.74) is 0. The van der Waals surface area contributed by atoms with Crippen molar-refractivity contribution in [1.82, 2.24) is 0 Å². The van der Waals surface area contributed by atoms with Crippen LogP contribution in [0.5, 0.6) is 0 Å². The molecule has 87 heavy (non-hydrogen) atoms. The maximum Gasteiger partial charge on any atom is 0.472 e. The number of ether oxygens (including phenoxy) is 4. The molecular formula is C68H132O17P2. The smallest absolute Gasteiger partial charge is 0.462 e. The minimum Gasteiger partial charge on any atom is -0.462 e. The van der Waals surface area contributed by atoms with Crippen molar-refractivity contribution in [1.29, 1.82) is 0 Å². The lowest BCUT2D eigenvalue weighted by molar-refractivity contribution is -0.161. The summed E-state index contributed by atoms with van der Waals surface area (Å²) < 4.78 is 68.1. The van der Waals surface area contributed by atoms with Crippen molar-refractivity contribution in [3.8, 4) is 0 Å². The van der Waals surface area contributed by atoms with E-state index in [-0.39, 0.29) is 25.7 Å². The average molecular weight is 1280 g/mol. The first-order valence-electron chi connectivity index (χ1n) is 35.2. The molecule has 516 valence electrons. The van der Waals surface area contributed by atoms with E-state index >= 15 is 0 Å². The van der Waals surface area contributed by atoms with Crippen LogP contribution in [0.25, 0.3) is 0 Å². The highest BCUT2D eigenvalue weighted by Gasteiger charge is 2.30. The van der Waals surface area contributed by atoms with Crippen LogP contribution in [0.3, 0.4) is 0 Å². The van der Waals surface area contributed by atoms with Crippen LogP contribution in [0.1, 0.15) is 331 Å². The van der Waals surface area contributed by atoms with Crippen molar-refractivity contribution < 1.29 is 80.2 Å². The average Bonchev–Trinajstić information content (AvgIpc) is 3.66. The monoisotopic (exact) mass is 1280 g/mol. The normalized spacial score (nSPS) is 14.3. The summed E-state index contributed by atoms with van der Waals surface area (Å²) in [6.07, 6.45) is 39.3. The topological polar surface area (TPSA) is 237 Å². The van der Waals surface area contributed by atoms with Gasteiger partial charge in [-0.1, -0.05) is 280 Å². The van der Waals surface area contributed by atoms with E-state index in [2.05, 4.69) is 55.4 Å². The van der Waals surface area contributed by atoms with Crippen molar-refractivity contribution in [3.63, 3.8) is 0 Å². The number of carbonyl (C=O) groups is 4. The van der Waals surface area contributed by atoms with Crippen LogP contribution >= 0.6 is 15.6 Å². The molecule has 0 aliphatic rings. The Kier molecular flexibility index (Phi) is 56.6. The van der Waals surface area contributed by atoms with E-state index in [4.69, 9.17) is 37.0 Å². The summed E-state index contributed by atoms with van der Waals surface area (Å²) in [6.45, 7) is 14.0. The third-order valence-corrected chi connectivity index (χ3v) is 17.5. The molecule has 19 heteroatoms. The predicted octanol–water partition coefficient (Wildman–Crippen LogP) is 18.9. The van der Waals surface area contributed by atoms with Gasteiger partial charge in [0.1, 0.15) is 19.3 Å². The van der Waals surface area contributed by atoms with Gasteiger partial charge in [0.15, 0.2) is 12.2 Å². The zero-order chi connectivity index (χ0) is 64.7. The van der Waals surface area contributed by atoms with Gasteiger partial charge in [0, 0.05) is 25.7 Å². The highest BCUT2D eigenvalue weighted by atomic mass is 31.2. The molecule has 17 nitrogen and oxygen atoms in total. The minimum atomic E-state index is -4.95. The standard InChI is InChI=1S/C68H132O17P2/c1-58(2)44-36-28-20-15-13-11-9-10-12-14-16-24-34-42-50-67(72)84-63(54-78-65(70)48-40-32-23-18-17-21-29-37-45-59(3)4)56-82-86(74,75)80-52-62(69)53-81-87(76,77)83-57-64(85-68(73)51-43-35-27-26-31-39-47-61(7)8)55-79-66(71)49-41-33-25-19-22-30-38-46-60(5)6/h58-64,69H,9-57H2,1-8H3,(H,74,75)(H,76,77)/t62?,63-,64-/m1/s1. The van der Waals surface area contributed by atoms with E-state index in [1.165, 1.54) is 128 Å². The predicted molar refractivity (Wildman–Crippen MR) is 349 cm³/mol.